The highest BCUT2D eigenvalue weighted by Gasteiger charge is 2.41. The maximum Gasteiger partial charge on any atom is 0.337 e. The molecule has 2 N–H and O–H groups in total. The van der Waals surface area contributed by atoms with E-state index in [4.69, 9.17) is 21.4 Å². The monoisotopic (exact) mass is 333 g/mol. The second kappa shape index (κ2) is 5.82. The number of rotatable bonds is 6. The van der Waals surface area contributed by atoms with Crippen LogP contribution in [0.5, 0.6) is 0 Å². The first-order valence-electron chi connectivity index (χ1n) is 6.35. The summed E-state index contributed by atoms with van der Waals surface area (Å²) in [5, 5.41) is 9.03. The molecule has 0 radical (unpaired) electrons. The van der Waals surface area contributed by atoms with Crippen molar-refractivity contribution in [3.63, 3.8) is 0 Å². The van der Waals surface area contributed by atoms with Crippen LogP contribution in [0.15, 0.2) is 18.2 Å². The lowest BCUT2D eigenvalue weighted by Gasteiger charge is -2.39. The Balaban J connectivity index is 2.17. The minimum absolute atomic E-state index is 0.0535. The van der Waals surface area contributed by atoms with Gasteiger partial charge in [0.05, 0.1) is 21.9 Å². The Morgan fingerprint density at radius 3 is 2.62 bits per heavy atom. The zero-order valence-electron chi connectivity index (χ0n) is 11.4. The van der Waals surface area contributed by atoms with Crippen molar-refractivity contribution in [2.75, 3.05) is 17.6 Å². The zero-order valence-corrected chi connectivity index (χ0v) is 13.0. The van der Waals surface area contributed by atoms with E-state index in [0.29, 0.717) is 12.8 Å². The third-order valence-electron chi connectivity index (χ3n) is 3.62. The summed E-state index contributed by atoms with van der Waals surface area (Å²) in [6.07, 6.45) is 2.34. The number of methoxy groups -OCH3 is 1. The molecule has 1 aromatic carbocycles. The van der Waals surface area contributed by atoms with Crippen LogP contribution in [0, 0.1) is 0 Å². The number of hydrogen-bond donors (Lipinski definition) is 2. The summed E-state index contributed by atoms with van der Waals surface area (Å²) in [6, 6.07) is 3.97. The lowest BCUT2D eigenvalue weighted by atomic mass is 9.82. The maximum absolute atomic E-state index is 12.2. The molecule has 0 unspecified atom stereocenters. The first-order valence-corrected chi connectivity index (χ1v) is 8.38. The van der Waals surface area contributed by atoms with E-state index in [1.807, 2.05) is 0 Å². The topological polar surface area (TPSA) is 92.7 Å². The molecule has 0 spiro atoms. The Morgan fingerprint density at radius 2 is 2.14 bits per heavy atom. The highest BCUT2D eigenvalue weighted by molar-refractivity contribution is 7.92. The van der Waals surface area contributed by atoms with Gasteiger partial charge < -0.3 is 9.84 Å². The van der Waals surface area contributed by atoms with Crippen molar-refractivity contribution >= 4 is 33.3 Å². The van der Waals surface area contributed by atoms with Gasteiger partial charge in [-0.2, -0.15) is 0 Å². The van der Waals surface area contributed by atoms with Gasteiger partial charge in [0.1, 0.15) is 0 Å². The van der Waals surface area contributed by atoms with Crippen molar-refractivity contribution in [3.05, 3.63) is 28.8 Å². The molecule has 0 saturated heterocycles. The third kappa shape index (κ3) is 3.66. The Bertz CT molecular complexity index is 649. The van der Waals surface area contributed by atoms with Gasteiger partial charge in [0.2, 0.25) is 10.0 Å². The second-order valence-corrected chi connectivity index (χ2v) is 7.23. The molecule has 0 amide bonds. The van der Waals surface area contributed by atoms with Crippen molar-refractivity contribution < 1.29 is 23.1 Å². The van der Waals surface area contributed by atoms with Crippen molar-refractivity contribution in [2.24, 2.45) is 0 Å². The van der Waals surface area contributed by atoms with Crippen LogP contribution in [-0.2, 0) is 14.8 Å². The van der Waals surface area contributed by atoms with Gasteiger partial charge in [0.25, 0.3) is 0 Å². The van der Waals surface area contributed by atoms with Crippen molar-refractivity contribution in [3.8, 4) is 0 Å². The first kappa shape index (κ1) is 16.1. The highest BCUT2D eigenvalue weighted by Crippen LogP contribution is 2.36. The van der Waals surface area contributed by atoms with E-state index in [0.717, 1.165) is 6.42 Å². The standard InChI is InChI=1S/C13H16ClNO5S/c1-20-13(5-2-6-13)8-21(18,19)15-9-3-4-11(14)10(7-9)12(16)17/h3-4,7,15H,2,5-6,8H2,1H3,(H,16,17). The molecule has 0 aliphatic heterocycles. The third-order valence-corrected chi connectivity index (χ3v) is 5.40. The molecular formula is C13H16ClNO5S. The number of hydrogen-bond acceptors (Lipinski definition) is 4. The lowest BCUT2D eigenvalue weighted by Crippen LogP contribution is -2.46. The van der Waals surface area contributed by atoms with Gasteiger partial charge in [-0.05, 0) is 37.5 Å². The lowest BCUT2D eigenvalue weighted by molar-refractivity contribution is -0.0524. The number of anilines is 1. The molecular weight excluding hydrogens is 318 g/mol. The largest absolute Gasteiger partial charge is 0.478 e. The van der Waals surface area contributed by atoms with Gasteiger partial charge in [-0.15, -0.1) is 0 Å². The predicted octanol–water partition coefficient (Wildman–Crippen LogP) is 2.35. The molecule has 8 heteroatoms. The Hall–Kier alpha value is -1.31. The number of halogens is 1. The number of carboxylic acids is 1. The molecule has 0 aromatic heterocycles. The number of carbonyl (C=O) groups is 1. The number of ether oxygens (including phenoxy) is 1. The molecule has 116 valence electrons. The summed E-state index contributed by atoms with van der Waals surface area (Å²) in [6.45, 7) is 0. The van der Waals surface area contributed by atoms with E-state index >= 15 is 0 Å². The molecule has 1 aliphatic carbocycles. The fourth-order valence-electron chi connectivity index (χ4n) is 2.29. The Labute approximate surface area is 128 Å². The Morgan fingerprint density at radius 1 is 1.48 bits per heavy atom. The number of aromatic carboxylic acids is 1. The minimum atomic E-state index is -3.63. The Kier molecular flexibility index (Phi) is 4.46. The number of sulfonamides is 1. The first-order chi connectivity index (χ1) is 9.77. The summed E-state index contributed by atoms with van der Waals surface area (Å²) in [5.41, 5.74) is -0.613. The van der Waals surface area contributed by atoms with E-state index < -0.39 is 21.6 Å². The van der Waals surface area contributed by atoms with Crippen LogP contribution in [0.1, 0.15) is 29.6 Å². The highest BCUT2D eigenvalue weighted by atomic mass is 35.5. The van der Waals surface area contributed by atoms with Crippen LogP contribution >= 0.6 is 11.6 Å². The smallest absolute Gasteiger partial charge is 0.337 e. The molecule has 6 nitrogen and oxygen atoms in total. The summed E-state index contributed by atoms with van der Waals surface area (Å²) in [5.74, 6) is -1.37. The second-order valence-electron chi connectivity index (χ2n) is 5.10. The maximum atomic E-state index is 12.2. The number of benzene rings is 1. The van der Waals surface area contributed by atoms with Gasteiger partial charge in [-0.25, -0.2) is 13.2 Å². The minimum Gasteiger partial charge on any atom is -0.478 e. The fraction of sp³-hybridized carbons (Fsp3) is 0.462. The SMILES string of the molecule is COC1(CS(=O)(=O)Nc2ccc(Cl)c(C(=O)O)c2)CCC1. The molecule has 2 rings (SSSR count). The van der Waals surface area contributed by atoms with Gasteiger partial charge in [0.15, 0.2) is 0 Å². The molecule has 1 fully saturated rings. The summed E-state index contributed by atoms with van der Waals surface area (Å²) in [7, 11) is -2.13. The molecule has 0 bridgehead atoms. The molecule has 0 heterocycles. The zero-order chi connectivity index (χ0) is 15.7. The van der Waals surface area contributed by atoms with Crippen LogP contribution < -0.4 is 4.72 Å². The number of nitrogens with one attached hydrogen (secondary N) is 1. The van der Waals surface area contributed by atoms with E-state index in [1.165, 1.54) is 25.3 Å². The quantitative estimate of drug-likeness (QED) is 0.833. The van der Waals surface area contributed by atoms with Gasteiger partial charge >= 0.3 is 5.97 Å². The average Bonchev–Trinajstić information content (AvgIpc) is 2.35. The van der Waals surface area contributed by atoms with E-state index in [1.54, 1.807) is 0 Å². The summed E-state index contributed by atoms with van der Waals surface area (Å²) < 4.78 is 32.0. The normalized spacial score (nSPS) is 17.0. The van der Waals surface area contributed by atoms with Crippen LogP contribution in [0.4, 0.5) is 5.69 Å². The van der Waals surface area contributed by atoms with E-state index in [-0.39, 0.29) is 22.0 Å². The van der Waals surface area contributed by atoms with Gasteiger partial charge in [0, 0.05) is 12.8 Å². The molecule has 21 heavy (non-hydrogen) atoms. The van der Waals surface area contributed by atoms with E-state index in [2.05, 4.69) is 4.72 Å². The molecule has 0 atom stereocenters. The van der Waals surface area contributed by atoms with E-state index in [9.17, 15) is 13.2 Å². The van der Waals surface area contributed by atoms with Crippen molar-refractivity contribution in [2.45, 2.75) is 24.9 Å². The van der Waals surface area contributed by atoms with Crippen LogP contribution in [0.2, 0.25) is 5.02 Å². The van der Waals surface area contributed by atoms with Crippen LogP contribution in [0.3, 0.4) is 0 Å². The van der Waals surface area contributed by atoms with Crippen molar-refractivity contribution in [1.29, 1.82) is 0 Å². The van der Waals surface area contributed by atoms with Crippen molar-refractivity contribution in [1.82, 2.24) is 0 Å². The van der Waals surface area contributed by atoms with Gasteiger partial charge in [-0.1, -0.05) is 11.6 Å². The average molecular weight is 334 g/mol. The van der Waals surface area contributed by atoms with Gasteiger partial charge in [-0.3, -0.25) is 4.72 Å². The predicted molar refractivity (Wildman–Crippen MR) is 79.4 cm³/mol. The molecule has 1 saturated carbocycles. The van der Waals surface area contributed by atoms with Crippen LogP contribution in [-0.4, -0.2) is 38.0 Å². The number of carboxylic acid groups (broad SMARTS) is 1. The van der Waals surface area contributed by atoms with Crippen LogP contribution in [0.25, 0.3) is 0 Å². The fourth-order valence-corrected chi connectivity index (χ4v) is 4.15. The molecule has 1 aliphatic rings. The molecule has 1 aromatic rings. The summed E-state index contributed by atoms with van der Waals surface area (Å²) >= 11 is 5.74. The summed E-state index contributed by atoms with van der Waals surface area (Å²) in [4.78, 5) is 11.0.